The molecule has 0 radical (unpaired) electrons. The molecule has 22 heavy (non-hydrogen) atoms. The number of nitrogens with zero attached hydrogens (tertiary/aromatic N) is 2. The summed E-state index contributed by atoms with van der Waals surface area (Å²) in [7, 11) is 0. The number of halogens is 2. The van der Waals surface area contributed by atoms with E-state index in [9.17, 15) is 13.9 Å². The average molecular weight is 305 g/mol. The molecule has 0 saturated carbocycles. The molecule has 0 bridgehead atoms. The molecule has 2 rings (SSSR count). The van der Waals surface area contributed by atoms with Crippen LogP contribution < -0.4 is 10.1 Å². The van der Waals surface area contributed by atoms with Gasteiger partial charge in [0, 0.05) is 18.8 Å². The Morgan fingerprint density at radius 1 is 1.27 bits per heavy atom. The van der Waals surface area contributed by atoms with E-state index in [0.29, 0.717) is 11.4 Å². The van der Waals surface area contributed by atoms with Crippen LogP contribution in [0.1, 0.15) is 5.56 Å². The molecule has 0 aliphatic rings. The second-order valence-electron chi connectivity index (χ2n) is 4.46. The fourth-order valence-electron chi connectivity index (χ4n) is 1.64. The second-order valence-corrected chi connectivity index (χ2v) is 4.46. The first-order chi connectivity index (χ1) is 10.6. The zero-order valence-corrected chi connectivity index (χ0v) is 11.5. The maximum atomic E-state index is 13.0. The van der Waals surface area contributed by atoms with Gasteiger partial charge in [-0.2, -0.15) is 5.26 Å². The molecular formula is C15H13F2N3O2. The highest BCUT2D eigenvalue weighted by molar-refractivity contribution is 5.42. The Morgan fingerprint density at radius 3 is 2.82 bits per heavy atom. The van der Waals surface area contributed by atoms with Crippen molar-refractivity contribution >= 4 is 5.82 Å². The van der Waals surface area contributed by atoms with Gasteiger partial charge < -0.3 is 15.2 Å². The van der Waals surface area contributed by atoms with Gasteiger partial charge in [-0.15, -0.1) is 0 Å². The van der Waals surface area contributed by atoms with Crippen LogP contribution in [0.3, 0.4) is 0 Å². The van der Waals surface area contributed by atoms with E-state index in [0.717, 1.165) is 12.1 Å². The highest BCUT2D eigenvalue weighted by atomic mass is 19.2. The molecule has 0 amide bonds. The van der Waals surface area contributed by atoms with E-state index in [1.54, 1.807) is 12.1 Å². The summed E-state index contributed by atoms with van der Waals surface area (Å²) in [5, 5.41) is 21.4. The normalized spacial score (nSPS) is 11.5. The third kappa shape index (κ3) is 4.40. The fraction of sp³-hybridized carbons (Fsp3) is 0.200. The summed E-state index contributed by atoms with van der Waals surface area (Å²) >= 11 is 0. The summed E-state index contributed by atoms with van der Waals surface area (Å²) in [6.45, 7) is 0.0293. The third-order valence-electron chi connectivity index (χ3n) is 2.74. The van der Waals surface area contributed by atoms with Crippen LogP contribution in [-0.2, 0) is 0 Å². The van der Waals surface area contributed by atoms with Crippen molar-refractivity contribution in [3.05, 3.63) is 53.7 Å². The lowest BCUT2D eigenvalue weighted by Gasteiger charge is -2.13. The van der Waals surface area contributed by atoms with Crippen LogP contribution in [0.2, 0.25) is 0 Å². The zero-order valence-electron chi connectivity index (χ0n) is 11.5. The zero-order chi connectivity index (χ0) is 15.9. The van der Waals surface area contributed by atoms with Crippen LogP contribution in [0.5, 0.6) is 5.75 Å². The Labute approximate surface area is 125 Å². The van der Waals surface area contributed by atoms with Crippen molar-refractivity contribution in [1.29, 1.82) is 5.26 Å². The van der Waals surface area contributed by atoms with Gasteiger partial charge in [0.2, 0.25) is 0 Å². The summed E-state index contributed by atoms with van der Waals surface area (Å²) in [6.07, 6.45) is 0.589. The van der Waals surface area contributed by atoms with Gasteiger partial charge in [0.25, 0.3) is 0 Å². The number of rotatable bonds is 6. The van der Waals surface area contributed by atoms with E-state index in [1.165, 1.54) is 12.3 Å². The van der Waals surface area contributed by atoms with Gasteiger partial charge in [0.1, 0.15) is 24.3 Å². The third-order valence-corrected chi connectivity index (χ3v) is 2.74. The van der Waals surface area contributed by atoms with Gasteiger partial charge in [0.05, 0.1) is 11.6 Å². The minimum absolute atomic E-state index is 0.101. The van der Waals surface area contributed by atoms with Crippen LogP contribution in [0.25, 0.3) is 0 Å². The van der Waals surface area contributed by atoms with Crippen molar-refractivity contribution in [3.8, 4) is 11.8 Å². The largest absolute Gasteiger partial charge is 0.491 e. The quantitative estimate of drug-likeness (QED) is 0.854. The summed E-state index contributed by atoms with van der Waals surface area (Å²) in [5.74, 6) is -1.39. The van der Waals surface area contributed by atoms with E-state index in [-0.39, 0.29) is 18.9 Å². The monoisotopic (exact) mass is 305 g/mol. The molecule has 5 nitrogen and oxygen atoms in total. The van der Waals surface area contributed by atoms with Crippen molar-refractivity contribution in [3.63, 3.8) is 0 Å². The Balaban J connectivity index is 1.81. The Kier molecular flexibility index (Phi) is 5.22. The maximum Gasteiger partial charge on any atom is 0.162 e. The van der Waals surface area contributed by atoms with Gasteiger partial charge in [-0.3, -0.25) is 0 Å². The van der Waals surface area contributed by atoms with Crippen molar-refractivity contribution in [2.45, 2.75) is 6.10 Å². The number of anilines is 1. The van der Waals surface area contributed by atoms with Crippen LogP contribution in [0.4, 0.5) is 14.6 Å². The van der Waals surface area contributed by atoms with Gasteiger partial charge in [-0.1, -0.05) is 0 Å². The Hall–Kier alpha value is -2.72. The highest BCUT2D eigenvalue weighted by Gasteiger charge is 2.08. The first kappa shape index (κ1) is 15.7. The van der Waals surface area contributed by atoms with Crippen LogP contribution in [0, 0.1) is 23.0 Å². The van der Waals surface area contributed by atoms with Crippen LogP contribution in [0.15, 0.2) is 36.5 Å². The SMILES string of the molecule is N#Cc1ccnc(NC[C@@H](O)COc2ccc(F)c(F)c2)c1. The number of ether oxygens (including phenoxy) is 1. The average Bonchev–Trinajstić information content (AvgIpc) is 2.54. The molecule has 2 N–H and O–H groups in total. The van der Waals surface area contributed by atoms with E-state index < -0.39 is 17.7 Å². The minimum atomic E-state index is -1.01. The van der Waals surface area contributed by atoms with E-state index in [4.69, 9.17) is 10.00 Å². The number of aromatic nitrogens is 1. The Bertz CT molecular complexity index is 689. The lowest BCUT2D eigenvalue weighted by Crippen LogP contribution is -2.26. The molecule has 1 aromatic heterocycles. The maximum absolute atomic E-state index is 13.0. The van der Waals surface area contributed by atoms with Gasteiger partial charge >= 0.3 is 0 Å². The predicted molar refractivity (Wildman–Crippen MR) is 75.3 cm³/mol. The molecular weight excluding hydrogens is 292 g/mol. The van der Waals surface area contributed by atoms with Gasteiger partial charge in [-0.25, -0.2) is 13.8 Å². The number of nitrogens with one attached hydrogen (secondary N) is 1. The smallest absolute Gasteiger partial charge is 0.162 e. The summed E-state index contributed by atoms with van der Waals surface area (Å²) in [4.78, 5) is 3.99. The number of hydrogen-bond acceptors (Lipinski definition) is 5. The molecule has 1 atom stereocenters. The van der Waals surface area contributed by atoms with Crippen molar-refractivity contribution < 1.29 is 18.6 Å². The molecule has 1 heterocycles. The first-order valence-electron chi connectivity index (χ1n) is 6.44. The molecule has 0 unspecified atom stereocenters. The number of pyridine rings is 1. The molecule has 2 aromatic rings. The summed E-state index contributed by atoms with van der Waals surface area (Å²) in [6, 6.07) is 8.22. The summed E-state index contributed by atoms with van der Waals surface area (Å²) in [5.41, 5.74) is 0.449. The number of hydrogen-bond donors (Lipinski definition) is 2. The number of aliphatic hydroxyl groups excluding tert-OH is 1. The number of benzene rings is 1. The number of nitriles is 1. The van der Waals surface area contributed by atoms with E-state index in [1.807, 2.05) is 6.07 Å². The molecule has 0 fully saturated rings. The summed E-state index contributed by atoms with van der Waals surface area (Å²) < 4.78 is 30.9. The van der Waals surface area contributed by atoms with Crippen LogP contribution >= 0.6 is 0 Å². The second kappa shape index (κ2) is 7.33. The first-order valence-corrected chi connectivity index (χ1v) is 6.44. The molecule has 114 valence electrons. The van der Waals surface area contributed by atoms with Crippen molar-refractivity contribution in [1.82, 2.24) is 4.98 Å². The van der Waals surface area contributed by atoms with Gasteiger partial charge in [0.15, 0.2) is 11.6 Å². The predicted octanol–water partition coefficient (Wildman–Crippen LogP) is 2.08. The van der Waals surface area contributed by atoms with Crippen molar-refractivity contribution in [2.24, 2.45) is 0 Å². The lowest BCUT2D eigenvalue weighted by atomic mass is 10.3. The molecule has 1 aromatic carbocycles. The highest BCUT2D eigenvalue weighted by Crippen LogP contribution is 2.15. The topological polar surface area (TPSA) is 78.2 Å². The fourth-order valence-corrected chi connectivity index (χ4v) is 1.64. The molecule has 0 aliphatic carbocycles. The molecule has 0 saturated heterocycles. The molecule has 0 aliphatic heterocycles. The number of aliphatic hydroxyl groups is 1. The standard InChI is InChI=1S/C15H13F2N3O2/c16-13-2-1-12(6-14(13)17)22-9-11(21)8-20-15-5-10(7-18)3-4-19-15/h1-6,11,21H,8-9H2,(H,19,20)/t11-/m1/s1. The van der Waals surface area contributed by atoms with E-state index in [2.05, 4.69) is 10.3 Å². The lowest BCUT2D eigenvalue weighted by molar-refractivity contribution is 0.117. The Morgan fingerprint density at radius 2 is 2.09 bits per heavy atom. The minimum Gasteiger partial charge on any atom is -0.491 e. The van der Waals surface area contributed by atoms with Gasteiger partial charge in [-0.05, 0) is 24.3 Å². The van der Waals surface area contributed by atoms with Crippen molar-refractivity contribution in [2.75, 3.05) is 18.5 Å². The molecule has 0 spiro atoms. The van der Waals surface area contributed by atoms with E-state index >= 15 is 0 Å². The van der Waals surface area contributed by atoms with Crippen LogP contribution in [-0.4, -0.2) is 29.3 Å². The molecule has 7 heteroatoms.